The second-order valence-electron chi connectivity index (χ2n) is 6.82. The number of nitrogens with zero attached hydrogens (tertiary/aromatic N) is 2. The standard InChI is InChI=1S/C18H31N3/c1-14-9-15(2)11-16(10-14)18(19-3)13-21-8-6-7-17(21)12-20(4)5/h9-11,17-19H,6-8,12-13H2,1-5H3. The molecule has 1 fully saturated rings. The van der Waals surface area contributed by atoms with Crippen molar-refractivity contribution in [2.24, 2.45) is 0 Å². The van der Waals surface area contributed by atoms with Gasteiger partial charge in [0.25, 0.3) is 0 Å². The summed E-state index contributed by atoms with van der Waals surface area (Å²) in [7, 11) is 6.44. The zero-order valence-electron chi connectivity index (χ0n) is 14.3. The van der Waals surface area contributed by atoms with Gasteiger partial charge in [0, 0.05) is 25.2 Å². The number of benzene rings is 1. The van der Waals surface area contributed by atoms with Gasteiger partial charge in [-0.3, -0.25) is 4.90 Å². The van der Waals surface area contributed by atoms with Crippen LogP contribution in [0.25, 0.3) is 0 Å². The van der Waals surface area contributed by atoms with Gasteiger partial charge in [-0.25, -0.2) is 0 Å². The first-order chi connectivity index (χ1) is 9.99. The van der Waals surface area contributed by atoms with Gasteiger partial charge in [-0.05, 0) is 59.9 Å². The maximum atomic E-state index is 3.52. The molecule has 0 bridgehead atoms. The molecule has 1 N–H and O–H groups in total. The van der Waals surface area contributed by atoms with E-state index in [0.717, 1.165) is 6.54 Å². The number of likely N-dealkylation sites (N-methyl/N-ethyl adjacent to an activating group) is 2. The summed E-state index contributed by atoms with van der Waals surface area (Å²) >= 11 is 0. The van der Waals surface area contributed by atoms with Gasteiger partial charge in [-0.15, -0.1) is 0 Å². The average molecular weight is 289 g/mol. The molecule has 118 valence electrons. The fourth-order valence-electron chi connectivity index (χ4n) is 3.57. The van der Waals surface area contributed by atoms with Crippen molar-refractivity contribution in [1.82, 2.24) is 15.1 Å². The van der Waals surface area contributed by atoms with E-state index in [-0.39, 0.29) is 0 Å². The van der Waals surface area contributed by atoms with E-state index in [1.165, 1.54) is 42.6 Å². The largest absolute Gasteiger partial charge is 0.312 e. The third-order valence-corrected chi connectivity index (χ3v) is 4.49. The van der Waals surface area contributed by atoms with Crippen LogP contribution in [-0.2, 0) is 0 Å². The molecule has 1 heterocycles. The topological polar surface area (TPSA) is 18.5 Å². The van der Waals surface area contributed by atoms with Crippen LogP contribution in [0, 0.1) is 13.8 Å². The highest BCUT2D eigenvalue weighted by Crippen LogP contribution is 2.23. The lowest BCUT2D eigenvalue weighted by Crippen LogP contribution is -2.41. The zero-order valence-corrected chi connectivity index (χ0v) is 14.3. The van der Waals surface area contributed by atoms with E-state index in [4.69, 9.17) is 0 Å². The molecule has 0 radical (unpaired) electrons. The van der Waals surface area contributed by atoms with Crippen LogP contribution in [0.4, 0.5) is 0 Å². The molecule has 2 rings (SSSR count). The van der Waals surface area contributed by atoms with Crippen LogP contribution in [-0.4, -0.2) is 56.6 Å². The Kier molecular flexibility index (Phi) is 5.80. The van der Waals surface area contributed by atoms with E-state index < -0.39 is 0 Å². The molecule has 1 aliphatic heterocycles. The highest BCUT2D eigenvalue weighted by Gasteiger charge is 2.27. The third kappa shape index (κ3) is 4.53. The summed E-state index contributed by atoms with van der Waals surface area (Å²) in [6.07, 6.45) is 2.67. The molecule has 1 aromatic rings. The molecule has 0 aliphatic carbocycles. The van der Waals surface area contributed by atoms with Crippen LogP contribution in [0.5, 0.6) is 0 Å². The number of hydrogen-bond donors (Lipinski definition) is 1. The van der Waals surface area contributed by atoms with Gasteiger partial charge in [0.05, 0.1) is 0 Å². The number of aryl methyl sites for hydroxylation is 2. The third-order valence-electron chi connectivity index (χ3n) is 4.49. The Hall–Kier alpha value is -0.900. The average Bonchev–Trinajstić information content (AvgIpc) is 2.81. The predicted molar refractivity (Wildman–Crippen MR) is 90.9 cm³/mol. The molecule has 3 nitrogen and oxygen atoms in total. The highest BCUT2D eigenvalue weighted by molar-refractivity contribution is 5.31. The van der Waals surface area contributed by atoms with Gasteiger partial charge in [-0.2, -0.15) is 0 Å². The highest BCUT2D eigenvalue weighted by atomic mass is 15.2. The van der Waals surface area contributed by atoms with Crippen LogP contribution in [0.3, 0.4) is 0 Å². The van der Waals surface area contributed by atoms with Crippen molar-refractivity contribution in [2.75, 3.05) is 40.8 Å². The second kappa shape index (κ2) is 7.39. The quantitative estimate of drug-likeness (QED) is 0.868. The van der Waals surface area contributed by atoms with Crippen molar-refractivity contribution in [3.63, 3.8) is 0 Å². The lowest BCUT2D eigenvalue weighted by Gasteiger charge is -2.31. The molecule has 0 aromatic heterocycles. The van der Waals surface area contributed by atoms with Crippen molar-refractivity contribution in [2.45, 2.75) is 38.8 Å². The Bertz CT molecular complexity index is 436. The minimum atomic E-state index is 0.423. The maximum absolute atomic E-state index is 3.52. The number of nitrogens with one attached hydrogen (secondary N) is 1. The normalized spacial score (nSPS) is 21.1. The van der Waals surface area contributed by atoms with Gasteiger partial charge >= 0.3 is 0 Å². The lowest BCUT2D eigenvalue weighted by atomic mass is 10.0. The maximum Gasteiger partial charge on any atom is 0.0447 e. The minimum absolute atomic E-state index is 0.423. The fraction of sp³-hybridized carbons (Fsp3) is 0.667. The van der Waals surface area contributed by atoms with Gasteiger partial charge in [0.1, 0.15) is 0 Å². The lowest BCUT2D eigenvalue weighted by molar-refractivity contribution is 0.191. The number of likely N-dealkylation sites (tertiary alicyclic amines) is 1. The number of rotatable bonds is 6. The predicted octanol–water partition coefficient (Wildman–Crippen LogP) is 2.59. The molecule has 0 saturated carbocycles. The van der Waals surface area contributed by atoms with Gasteiger partial charge in [-0.1, -0.05) is 29.3 Å². The molecule has 1 saturated heterocycles. The first-order valence-electron chi connectivity index (χ1n) is 8.14. The molecule has 2 atom stereocenters. The molecule has 1 aliphatic rings. The van der Waals surface area contributed by atoms with Crippen molar-refractivity contribution < 1.29 is 0 Å². The summed E-state index contributed by atoms with van der Waals surface area (Å²) in [4.78, 5) is 4.98. The van der Waals surface area contributed by atoms with E-state index in [1.807, 2.05) is 0 Å². The first kappa shape index (κ1) is 16.5. The van der Waals surface area contributed by atoms with Crippen molar-refractivity contribution in [3.8, 4) is 0 Å². The van der Waals surface area contributed by atoms with Crippen LogP contribution in [0.2, 0.25) is 0 Å². The molecule has 1 aromatic carbocycles. The molecule has 21 heavy (non-hydrogen) atoms. The van der Waals surface area contributed by atoms with Gasteiger partial charge in [0.15, 0.2) is 0 Å². The molecule has 2 unspecified atom stereocenters. The summed E-state index contributed by atoms with van der Waals surface area (Å²) in [5.41, 5.74) is 4.14. The summed E-state index contributed by atoms with van der Waals surface area (Å²) < 4.78 is 0. The Morgan fingerprint density at radius 3 is 2.48 bits per heavy atom. The fourth-order valence-corrected chi connectivity index (χ4v) is 3.57. The first-order valence-corrected chi connectivity index (χ1v) is 8.14. The zero-order chi connectivity index (χ0) is 15.4. The molecular formula is C18H31N3. The smallest absolute Gasteiger partial charge is 0.0447 e. The van der Waals surface area contributed by atoms with Crippen LogP contribution in [0.1, 0.15) is 35.6 Å². The Morgan fingerprint density at radius 2 is 1.90 bits per heavy atom. The van der Waals surface area contributed by atoms with E-state index in [1.54, 1.807) is 0 Å². The van der Waals surface area contributed by atoms with E-state index in [2.05, 4.69) is 68.3 Å². The molecular weight excluding hydrogens is 258 g/mol. The van der Waals surface area contributed by atoms with Crippen molar-refractivity contribution in [3.05, 3.63) is 34.9 Å². The summed E-state index contributed by atoms with van der Waals surface area (Å²) in [5, 5.41) is 3.52. The van der Waals surface area contributed by atoms with Gasteiger partial charge < -0.3 is 10.2 Å². The number of hydrogen-bond acceptors (Lipinski definition) is 3. The monoisotopic (exact) mass is 289 g/mol. The van der Waals surface area contributed by atoms with E-state index >= 15 is 0 Å². The molecule has 0 amide bonds. The Balaban J connectivity index is 2.07. The van der Waals surface area contributed by atoms with Gasteiger partial charge in [0.2, 0.25) is 0 Å². The van der Waals surface area contributed by atoms with Crippen LogP contribution in [0.15, 0.2) is 18.2 Å². The van der Waals surface area contributed by atoms with E-state index in [0.29, 0.717) is 12.1 Å². The second-order valence-corrected chi connectivity index (χ2v) is 6.82. The Labute approximate surface area is 130 Å². The summed E-state index contributed by atoms with van der Waals surface area (Å²) in [6, 6.07) is 8.03. The van der Waals surface area contributed by atoms with Crippen molar-refractivity contribution >= 4 is 0 Å². The van der Waals surface area contributed by atoms with Crippen molar-refractivity contribution in [1.29, 1.82) is 0 Å². The summed E-state index contributed by atoms with van der Waals surface area (Å²) in [5.74, 6) is 0. The summed E-state index contributed by atoms with van der Waals surface area (Å²) in [6.45, 7) is 7.89. The molecule has 3 heteroatoms. The van der Waals surface area contributed by atoms with Crippen LogP contribution < -0.4 is 5.32 Å². The van der Waals surface area contributed by atoms with Crippen LogP contribution >= 0.6 is 0 Å². The SMILES string of the molecule is CNC(CN1CCCC1CN(C)C)c1cc(C)cc(C)c1. The Morgan fingerprint density at radius 1 is 1.24 bits per heavy atom. The molecule has 0 spiro atoms. The van der Waals surface area contributed by atoms with E-state index in [9.17, 15) is 0 Å². The minimum Gasteiger partial charge on any atom is -0.312 e.